The molecule has 0 aliphatic carbocycles. The summed E-state index contributed by atoms with van der Waals surface area (Å²) in [5.74, 6) is 1.01. The van der Waals surface area contributed by atoms with Gasteiger partial charge in [0.15, 0.2) is 16.7 Å². The van der Waals surface area contributed by atoms with Gasteiger partial charge in [-0.1, -0.05) is 54.2 Å². The van der Waals surface area contributed by atoms with Gasteiger partial charge in [-0.05, 0) is 54.8 Å². The van der Waals surface area contributed by atoms with Crippen LogP contribution in [0.1, 0.15) is 23.1 Å². The quantitative estimate of drug-likeness (QED) is 0.517. The lowest BCUT2D eigenvalue weighted by Crippen LogP contribution is -2.33. The first-order valence-electron chi connectivity index (χ1n) is 11.3. The summed E-state index contributed by atoms with van der Waals surface area (Å²) in [4.78, 5) is 32.7. The SMILES string of the molecule is Cc1cccc(C)c1NC(=O)CC1SC(=Nc2ccccc2)N(Cc2ccc3c(c2)OCO3)C1=O. The van der Waals surface area contributed by atoms with Crippen LogP contribution in [0, 0.1) is 13.8 Å². The van der Waals surface area contributed by atoms with E-state index < -0.39 is 5.25 Å². The first kappa shape index (κ1) is 23.0. The zero-order chi connectivity index (χ0) is 24.4. The van der Waals surface area contributed by atoms with Crippen LogP contribution in [-0.4, -0.2) is 33.9 Å². The minimum absolute atomic E-state index is 0.0583. The van der Waals surface area contributed by atoms with Gasteiger partial charge in [-0.15, -0.1) is 0 Å². The number of aliphatic imine (C=N–C) groups is 1. The zero-order valence-corrected chi connectivity index (χ0v) is 20.3. The molecular formula is C27H25N3O4S. The molecule has 2 aliphatic rings. The Balaban J connectivity index is 1.37. The first-order chi connectivity index (χ1) is 17.0. The number of thioether (sulfide) groups is 1. The van der Waals surface area contributed by atoms with Crippen molar-refractivity contribution in [1.82, 2.24) is 4.90 Å². The molecule has 5 rings (SSSR count). The Morgan fingerprint density at radius 1 is 1.03 bits per heavy atom. The van der Waals surface area contributed by atoms with Crippen LogP contribution in [0.4, 0.5) is 11.4 Å². The van der Waals surface area contributed by atoms with E-state index in [4.69, 9.17) is 14.5 Å². The van der Waals surface area contributed by atoms with E-state index in [0.29, 0.717) is 23.2 Å². The van der Waals surface area contributed by atoms with Gasteiger partial charge in [0.05, 0.1) is 12.2 Å². The van der Waals surface area contributed by atoms with E-state index in [1.165, 1.54) is 11.8 Å². The summed E-state index contributed by atoms with van der Waals surface area (Å²) in [6.07, 6.45) is 0.0583. The molecule has 2 aliphatic heterocycles. The molecule has 0 aromatic heterocycles. The van der Waals surface area contributed by atoms with Crippen molar-refractivity contribution in [2.24, 2.45) is 4.99 Å². The molecule has 7 nitrogen and oxygen atoms in total. The van der Waals surface area contributed by atoms with E-state index in [1.54, 1.807) is 4.90 Å². The van der Waals surface area contributed by atoms with Gasteiger partial charge in [0.25, 0.3) is 0 Å². The molecule has 1 atom stereocenters. The number of amides is 2. The van der Waals surface area contributed by atoms with Crippen molar-refractivity contribution in [2.75, 3.05) is 12.1 Å². The van der Waals surface area contributed by atoms with Crippen molar-refractivity contribution < 1.29 is 19.1 Å². The number of anilines is 1. The van der Waals surface area contributed by atoms with Gasteiger partial charge in [-0.3, -0.25) is 14.5 Å². The Morgan fingerprint density at radius 2 is 1.77 bits per heavy atom. The summed E-state index contributed by atoms with van der Waals surface area (Å²) in [6, 6.07) is 21.0. The minimum atomic E-state index is -0.559. The topological polar surface area (TPSA) is 80.2 Å². The van der Waals surface area contributed by atoms with E-state index in [0.717, 1.165) is 28.1 Å². The average molecular weight is 488 g/mol. The normalized spacial score (nSPS) is 17.8. The van der Waals surface area contributed by atoms with E-state index in [2.05, 4.69) is 5.32 Å². The monoisotopic (exact) mass is 487 g/mol. The number of nitrogens with zero attached hydrogens (tertiary/aromatic N) is 2. The lowest BCUT2D eigenvalue weighted by Gasteiger charge is -2.17. The number of amidine groups is 1. The fourth-order valence-electron chi connectivity index (χ4n) is 4.08. The predicted molar refractivity (Wildman–Crippen MR) is 137 cm³/mol. The maximum Gasteiger partial charge on any atom is 0.242 e. The second-order valence-electron chi connectivity index (χ2n) is 8.47. The fraction of sp³-hybridized carbons (Fsp3) is 0.222. The Morgan fingerprint density at radius 3 is 2.54 bits per heavy atom. The number of fused-ring (bicyclic) bond motifs is 1. The summed E-state index contributed by atoms with van der Waals surface area (Å²) in [5, 5.41) is 3.00. The highest BCUT2D eigenvalue weighted by Crippen LogP contribution is 2.36. The Kier molecular flexibility index (Phi) is 6.46. The van der Waals surface area contributed by atoms with Crippen LogP contribution in [0.5, 0.6) is 11.5 Å². The number of carbonyl (C=O) groups excluding carboxylic acids is 2. The smallest absolute Gasteiger partial charge is 0.242 e. The van der Waals surface area contributed by atoms with Crippen LogP contribution in [0.25, 0.3) is 0 Å². The van der Waals surface area contributed by atoms with Gasteiger partial charge in [0.2, 0.25) is 18.6 Å². The third-order valence-electron chi connectivity index (χ3n) is 5.89. The molecule has 1 unspecified atom stereocenters. The van der Waals surface area contributed by atoms with Crippen molar-refractivity contribution >= 4 is 40.1 Å². The number of para-hydroxylation sites is 2. The Labute approximate surface area is 208 Å². The first-order valence-corrected chi connectivity index (χ1v) is 12.2. The summed E-state index contributed by atoms with van der Waals surface area (Å²) < 4.78 is 10.9. The van der Waals surface area contributed by atoms with Crippen LogP contribution in [0.15, 0.2) is 71.7 Å². The number of aryl methyl sites for hydroxylation is 2. The Bertz CT molecular complexity index is 1290. The number of hydrogen-bond donors (Lipinski definition) is 1. The molecule has 2 heterocycles. The highest BCUT2D eigenvalue weighted by atomic mass is 32.2. The van der Waals surface area contributed by atoms with Crippen LogP contribution in [-0.2, 0) is 16.1 Å². The maximum atomic E-state index is 13.5. The van der Waals surface area contributed by atoms with E-state index >= 15 is 0 Å². The molecule has 3 aromatic carbocycles. The van der Waals surface area contributed by atoms with E-state index in [9.17, 15) is 9.59 Å². The van der Waals surface area contributed by atoms with Crippen LogP contribution < -0.4 is 14.8 Å². The summed E-state index contributed by atoms with van der Waals surface area (Å²) >= 11 is 1.32. The van der Waals surface area contributed by atoms with Crippen LogP contribution in [0.3, 0.4) is 0 Å². The van der Waals surface area contributed by atoms with Crippen molar-refractivity contribution in [1.29, 1.82) is 0 Å². The molecule has 1 fully saturated rings. The van der Waals surface area contributed by atoms with Crippen molar-refractivity contribution in [3.05, 3.63) is 83.4 Å². The van der Waals surface area contributed by atoms with Gasteiger partial charge < -0.3 is 14.8 Å². The molecule has 0 bridgehead atoms. The third kappa shape index (κ3) is 5.02. The molecule has 178 valence electrons. The number of nitrogens with one attached hydrogen (secondary N) is 1. The highest BCUT2D eigenvalue weighted by molar-refractivity contribution is 8.15. The molecular weight excluding hydrogens is 462 g/mol. The molecule has 8 heteroatoms. The second-order valence-corrected chi connectivity index (χ2v) is 9.64. The molecule has 1 saturated heterocycles. The summed E-state index contributed by atoms with van der Waals surface area (Å²) in [7, 11) is 0. The number of rotatable bonds is 6. The predicted octanol–water partition coefficient (Wildman–Crippen LogP) is 5.19. The Hall–Kier alpha value is -3.78. The van der Waals surface area contributed by atoms with Crippen LogP contribution >= 0.6 is 11.8 Å². The summed E-state index contributed by atoms with van der Waals surface area (Å²) in [5.41, 5.74) is 4.41. The van der Waals surface area contributed by atoms with Crippen molar-refractivity contribution in [2.45, 2.75) is 32.1 Å². The lowest BCUT2D eigenvalue weighted by atomic mass is 10.1. The molecule has 0 saturated carbocycles. The number of ether oxygens (including phenoxy) is 2. The standard InChI is InChI=1S/C27H25N3O4S/c1-17-7-6-8-18(2)25(17)29-24(31)14-23-26(32)30(27(35-23)28-20-9-4-3-5-10-20)15-19-11-12-21-22(13-19)34-16-33-21/h3-13,23H,14-16H2,1-2H3,(H,29,31). The van der Waals surface area contributed by atoms with E-state index in [-0.39, 0.29) is 25.0 Å². The molecule has 3 aromatic rings. The molecule has 1 N–H and O–H groups in total. The third-order valence-corrected chi connectivity index (χ3v) is 7.07. The van der Waals surface area contributed by atoms with Crippen LogP contribution in [0.2, 0.25) is 0 Å². The van der Waals surface area contributed by atoms with Gasteiger partial charge in [0.1, 0.15) is 5.25 Å². The molecule has 0 radical (unpaired) electrons. The zero-order valence-electron chi connectivity index (χ0n) is 19.5. The minimum Gasteiger partial charge on any atom is -0.454 e. The van der Waals surface area contributed by atoms with Gasteiger partial charge in [-0.2, -0.15) is 0 Å². The second kappa shape index (κ2) is 9.84. The number of carbonyl (C=O) groups is 2. The number of hydrogen-bond acceptors (Lipinski definition) is 6. The molecule has 0 spiro atoms. The van der Waals surface area contributed by atoms with Gasteiger partial charge in [0, 0.05) is 12.1 Å². The largest absolute Gasteiger partial charge is 0.454 e. The molecule has 35 heavy (non-hydrogen) atoms. The van der Waals surface area contributed by atoms with Crippen molar-refractivity contribution in [3.8, 4) is 11.5 Å². The maximum absolute atomic E-state index is 13.5. The fourth-order valence-corrected chi connectivity index (χ4v) is 5.23. The van der Waals surface area contributed by atoms with Crippen molar-refractivity contribution in [3.63, 3.8) is 0 Å². The summed E-state index contributed by atoms with van der Waals surface area (Å²) in [6.45, 7) is 4.42. The van der Waals surface area contributed by atoms with Gasteiger partial charge in [-0.25, -0.2) is 4.99 Å². The lowest BCUT2D eigenvalue weighted by molar-refractivity contribution is -0.128. The van der Waals surface area contributed by atoms with E-state index in [1.807, 2.05) is 80.6 Å². The number of benzene rings is 3. The highest BCUT2D eigenvalue weighted by Gasteiger charge is 2.39. The molecule has 2 amide bonds. The average Bonchev–Trinajstić information content (AvgIpc) is 3.42. The van der Waals surface area contributed by atoms with Gasteiger partial charge >= 0.3 is 0 Å².